The SMILES string of the molecule is CC(Cl)c1nc2cc(F)ccc2n1Cc1ccccc1. The molecule has 0 aliphatic carbocycles. The fraction of sp³-hybridized carbons (Fsp3) is 0.188. The van der Waals surface area contributed by atoms with Crippen molar-refractivity contribution in [2.24, 2.45) is 0 Å². The summed E-state index contributed by atoms with van der Waals surface area (Å²) in [5.74, 6) is 0.478. The second-order valence-corrected chi connectivity index (χ2v) is 5.45. The molecule has 2 nitrogen and oxygen atoms in total. The molecule has 0 aliphatic rings. The van der Waals surface area contributed by atoms with Crippen LogP contribution in [0.25, 0.3) is 11.0 Å². The molecular weight excluding hydrogens is 275 g/mol. The van der Waals surface area contributed by atoms with Crippen LogP contribution in [0, 0.1) is 5.82 Å². The second kappa shape index (κ2) is 5.25. The summed E-state index contributed by atoms with van der Waals surface area (Å²) in [6, 6.07) is 14.7. The molecule has 1 heterocycles. The van der Waals surface area contributed by atoms with Crippen LogP contribution in [0.4, 0.5) is 4.39 Å². The first kappa shape index (κ1) is 13.1. The number of benzene rings is 2. The standard InChI is InChI=1S/C16H14ClFN2/c1-11(17)16-19-14-9-13(18)7-8-15(14)20(16)10-12-5-3-2-4-6-12/h2-9,11H,10H2,1H3. The van der Waals surface area contributed by atoms with Gasteiger partial charge >= 0.3 is 0 Å². The Labute approximate surface area is 121 Å². The van der Waals surface area contributed by atoms with Gasteiger partial charge in [0.2, 0.25) is 0 Å². The summed E-state index contributed by atoms with van der Waals surface area (Å²) in [7, 11) is 0. The highest BCUT2D eigenvalue weighted by Gasteiger charge is 2.15. The van der Waals surface area contributed by atoms with Crippen molar-refractivity contribution >= 4 is 22.6 Å². The number of nitrogens with zero attached hydrogens (tertiary/aromatic N) is 2. The highest BCUT2D eigenvalue weighted by atomic mass is 35.5. The fourth-order valence-electron chi connectivity index (χ4n) is 2.36. The molecule has 0 saturated heterocycles. The minimum absolute atomic E-state index is 0.228. The zero-order valence-corrected chi connectivity index (χ0v) is 11.8. The quantitative estimate of drug-likeness (QED) is 0.648. The van der Waals surface area contributed by atoms with Gasteiger partial charge in [-0.2, -0.15) is 0 Å². The second-order valence-electron chi connectivity index (χ2n) is 4.79. The van der Waals surface area contributed by atoms with Crippen LogP contribution in [0.5, 0.6) is 0 Å². The molecular formula is C16H14ClFN2. The maximum Gasteiger partial charge on any atom is 0.128 e. The Morgan fingerprint density at radius 1 is 1.20 bits per heavy atom. The van der Waals surface area contributed by atoms with Crippen molar-refractivity contribution in [3.05, 3.63) is 65.7 Å². The zero-order chi connectivity index (χ0) is 14.1. The largest absolute Gasteiger partial charge is 0.322 e. The summed E-state index contributed by atoms with van der Waals surface area (Å²) in [5.41, 5.74) is 2.70. The highest BCUT2D eigenvalue weighted by molar-refractivity contribution is 6.20. The number of hydrogen-bond acceptors (Lipinski definition) is 1. The first-order valence-electron chi connectivity index (χ1n) is 6.49. The first-order chi connectivity index (χ1) is 9.65. The van der Waals surface area contributed by atoms with E-state index in [-0.39, 0.29) is 11.2 Å². The number of fused-ring (bicyclic) bond motifs is 1. The summed E-state index contributed by atoms with van der Waals surface area (Å²) in [6.45, 7) is 2.55. The van der Waals surface area contributed by atoms with Gasteiger partial charge in [0.1, 0.15) is 11.6 Å². The maximum absolute atomic E-state index is 13.3. The lowest BCUT2D eigenvalue weighted by Gasteiger charge is -2.10. The molecule has 0 bridgehead atoms. The number of halogens is 2. The molecule has 4 heteroatoms. The highest BCUT2D eigenvalue weighted by Crippen LogP contribution is 2.26. The van der Waals surface area contributed by atoms with Gasteiger partial charge in [0.25, 0.3) is 0 Å². The van der Waals surface area contributed by atoms with Gasteiger partial charge < -0.3 is 4.57 Å². The van der Waals surface area contributed by atoms with Gasteiger partial charge in [-0.1, -0.05) is 30.3 Å². The number of imidazole rings is 1. The monoisotopic (exact) mass is 288 g/mol. The Morgan fingerprint density at radius 3 is 2.65 bits per heavy atom. The molecule has 3 aromatic rings. The van der Waals surface area contributed by atoms with E-state index in [1.165, 1.54) is 12.1 Å². The summed E-state index contributed by atoms with van der Waals surface area (Å²) in [4.78, 5) is 4.46. The Balaban J connectivity index is 2.14. The predicted octanol–water partition coefficient (Wildman–Crippen LogP) is 4.52. The Hall–Kier alpha value is -1.87. The minimum atomic E-state index is -0.282. The Kier molecular flexibility index (Phi) is 3.45. The average Bonchev–Trinajstić information content (AvgIpc) is 2.78. The van der Waals surface area contributed by atoms with Crippen LogP contribution in [-0.2, 0) is 6.54 Å². The average molecular weight is 289 g/mol. The van der Waals surface area contributed by atoms with Gasteiger partial charge in [-0.05, 0) is 24.6 Å². The third-order valence-electron chi connectivity index (χ3n) is 3.28. The van der Waals surface area contributed by atoms with E-state index in [9.17, 15) is 4.39 Å². The van der Waals surface area contributed by atoms with Gasteiger partial charge in [0.15, 0.2) is 0 Å². The van der Waals surface area contributed by atoms with Crippen molar-refractivity contribution in [2.75, 3.05) is 0 Å². The van der Waals surface area contributed by atoms with E-state index >= 15 is 0 Å². The summed E-state index contributed by atoms with van der Waals surface area (Å²) in [5, 5.41) is -0.228. The minimum Gasteiger partial charge on any atom is -0.322 e. The molecule has 3 rings (SSSR count). The zero-order valence-electron chi connectivity index (χ0n) is 11.1. The van der Waals surface area contributed by atoms with Crippen LogP contribution < -0.4 is 0 Å². The van der Waals surface area contributed by atoms with Crippen molar-refractivity contribution in [2.45, 2.75) is 18.8 Å². The fourth-order valence-corrected chi connectivity index (χ4v) is 2.52. The molecule has 0 spiro atoms. The van der Waals surface area contributed by atoms with E-state index in [0.29, 0.717) is 12.1 Å². The smallest absolute Gasteiger partial charge is 0.128 e. The Morgan fingerprint density at radius 2 is 1.95 bits per heavy atom. The third-order valence-corrected chi connectivity index (χ3v) is 3.47. The first-order valence-corrected chi connectivity index (χ1v) is 6.92. The lowest BCUT2D eigenvalue weighted by atomic mass is 10.2. The molecule has 0 radical (unpaired) electrons. The van der Waals surface area contributed by atoms with Crippen LogP contribution >= 0.6 is 11.6 Å². The van der Waals surface area contributed by atoms with Gasteiger partial charge in [0, 0.05) is 12.6 Å². The van der Waals surface area contributed by atoms with Crippen LogP contribution in [0.2, 0.25) is 0 Å². The summed E-state index contributed by atoms with van der Waals surface area (Å²) >= 11 is 6.21. The van der Waals surface area contributed by atoms with E-state index in [1.54, 1.807) is 6.07 Å². The van der Waals surface area contributed by atoms with Crippen molar-refractivity contribution in [3.8, 4) is 0 Å². The lowest BCUT2D eigenvalue weighted by molar-refractivity contribution is 0.629. The number of rotatable bonds is 3. The van der Waals surface area contributed by atoms with Crippen LogP contribution in [0.15, 0.2) is 48.5 Å². The van der Waals surface area contributed by atoms with E-state index in [2.05, 4.69) is 17.1 Å². The Bertz CT molecular complexity index is 735. The van der Waals surface area contributed by atoms with Gasteiger partial charge in [0.05, 0.1) is 16.4 Å². The molecule has 20 heavy (non-hydrogen) atoms. The van der Waals surface area contributed by atoms with Crippen molar-refractivity contribution < 1.29 is 4.39 Å². The molecule has 2 aromatic carbocycles. The van der Waals surface area contributed by atoms with Gasteiger partial charge in [-0.15, -0.1) is 11.6 Å². The van der Waals surface area contributed by atoms with Crippen molar-refractivity contribution in [1.29, 1.82) is 0 Å². The molecule has 0 N–H and O–H groups in total. The molecule has 1 aromatic heterocycles. The summed E-state index contributed by atoms with van der Waals surface area (Å²) in [6.07, 6.45) is 0. The summed E-state index contributed by atoms with van der Waals surface area (Å²) < 4.78 is 15.4. The number of aromatic nitrogens is 2. The number of hydrogen-bond donors (Lipinski definition) is 0. The van der Waals surface area contributed by atoms with Gasteiger partial charge in [-0.3, -0.25) is 0 Å². The van der Waals surface area contributed by atoms with E-state index in [1.807, 2.05) is 29.7 Å². The molecule has 0 saturated carbocycles. The predicted molar refractivity (Wildman–Crippen MR) is 79.5 cm³/mol. The molecule has 102 valence electrons. The molecule has 0 fully saturated rings. The normalized spacial score (nSPS) is 12.8. The van der Waals surface area contributed by atoms with Crippen LogP contribution in [0.1, 0.15) is 23.7 Å². The van der Waals surface area contributed by atoms with Crippen molar-refractivity contribution in [1.82, 2.24) is 9.55 Å². The van der Waals surface area contributed by atoms with Crippen LogP contribution in [0.3, 0.4) is 0 Å². The topological polar surface area (TPSA) is 17.8 Å². The molecule has 0 aliphatic heterocycles. The van der Waals surface area contributed by atoms with E-state index < -0.39 is 0 Å². The van der Waals surface area contributed by atoms with E-state index in [4.69, 9.17) is 11.6 Å². The van der Waals surface area contributed by atoms with Gasteiger partial charge in [-0.25, -0.2) is 9.37 Å². The maximum atomic E-state index is 13.3. The molecule has 1 atom stereocenters. The van der Waals surface area contributed by atoms with E-state index in [0.717, 1.165) is 16.9 Å². The lowest BCUT2D eigenvalue weighted by Crippen LogP contribution is -2.05. The third kappa shape index (κ3) is 2.41. The van der Waals surface area contributed by atoms with Crippen LogP contribution in [-0.4, -0.2) is 9.55 Å². The number of alkyl halides is 1. The molecule has 0 amide bonds. The van der Waals surface area contributed by atoms with Crippen molar-refractivity contribution in [3.63, 3.8) is 0 Å². The molecule has 1 unspecified atom stereocenters.